The van der Waals surface area contributed by atoms with Gasteiger partial charge in [0.25, 0.3) is 0 Å². The van der Waals surface area contributed by atoms with Gasteiger partial charge < -0.3 is 18.0 Å². The summed E-state index contributed by atoms with van der Waals surface area (Å²) in [4.78, 5) is 0. The zero-order chi connectivity index (χ0) is 28.7. The molecule has 0 saturated carbocycles. The van der Waals surface area contributed by atoms with E-state index in [0.29, 0.717) is 6.61 Å². The highest BCUT2D eigenvalue weighted by atomic mass is 28.4. The van der Waals surface area contributed by atoms with Crippen LogP contribution in [0.1, 0.15) is 67.9 Å². The minimum absolute atomic E-state index is 0.0722. The molecule has 0 bridgehead atoms. The highest BCUT2D eigenvalue weighted by Gasteiger charge is 2.49. The van der Waals surface area contributed by atoms with Gasteiger partial charge in [-0.15, -0.1) is 0 Å². The summed E-state index contributed by atoms with van der Waals surface area (Å²) in [6, 6.07) is 10.4. The molecule has 0 spiro atoms. The van der Waals surface area contributed by atoms with Crippen LogP contribution in [-0.2, 0) is 18.0 Å². The van der Waals surface area contributed by atoms with E-state index in [1.54, 1.807) is 0 Å². The molecule has 1 aromatic carbocycles. The van der Waals surface area contributed by atoms with E-state index in [9.17, 15) is 0 Å². The van der Waals surface area contributed by atoms with Crippen LogP contribution in [-0.4, -0.2) is 49.9 Å². The molecule has 0 N–H and O–H groups in total. The van der Waals surface area contributed by atoms with Crippen molar-refractivity contribution in [2.75, 3.05) is 6.61 Å². The van der Waals surface area contributed by atoms with E-state index in [4.69, 9.17) is 18.0 Å². The normalized spacial score (nSPS) is 22.5. The van der Waals surface area contributed by atoms with Crippen molar-refractivity contribution in [1.29, 1.82) is 0 Å². The van der Waals surface area contributed by atoms with Gasteiger partial charge in [0.1, 0.15) is 18.0 Å². The van der Waals surface area contributed by atoms with Crippen LogP contribution in [0, 0.1) is 0 Å². The molecule has 37 heavy (non-hydrogen) atoms. The van der Waals surface area contributed by atoms with Crippen molar-refractivity contribution in [3.05, 3.63) is 42.0 Å². The summed E-state index contributed by atoms with van der Waals surface area (Å²) in [6.07, 6.45) is 1.49. The molecule has 1 aliphatic rings. The lowest BCUT2D eigenvalue weighted by atomic mass is 10.0. The van der Waals surface area contributed by atoms with Gasteiger partial charge in [0.2, 0.25) is 0 Å². The molecule has 0 aliphatic carbocycles. The molecule has 2 rings (SSSR count). The SMILES string of the molecule is CC(C)(C)[Si](C)(C)OC[C@H]1OC(c2ccccc2)=C[C@@H](O[Si](C)(C)C(C)(C)C)[C@@H]1O[Si](C)(C)C(C)(C)C. The summed E-state index contributed by atoms with van der Waals surface area (Å²) < 4.78 is 27.8. The van der Waals surface area contributed by atoms with Crippen molar-refractivity contribution < 1.29 is 18.0 Å². The largest absolute Gasteiger partial charge is 0.485 e. The molecule has 0 aromatic heterocycles. The van der Waals surface area contributed by atoms with E-state index in [-0.39, 0.29) is 33.4 Å². The first-order valence-corrected chi connectivity index (χ1v) is 22.6. The van der Waals surface area contributed by atoms with Gasteiger partial charge in [0.05, 0.1) is 12.7 Å². The molecule has 0 unspecified atom stereocenters. The molecule has 0 fully saturated rings. The topological polar surface area (TPSA) is 36.9 Å². The van der Waals surface area contributed by atoms with Gasteiger partial charge in [0.15, 0.2) is 25.0 Å². The van der Waals surface area contributed by atoms with Crippen LogP contribution < -0.4 is 0 Å². The van der Waals surface area contributed by atoms with Crippen LogP contribution in [0.4, 0.5) is 0 Å². The number of hydrogen-bond donors (Lipinski definition) is 0. The molecule has 0 radical (unpaired) electrons. The molecule has 0 saturated heterocycles. The van der Waals surface area contributed by atoms with E-state index < -0.39 is 25.0 Å². The number of benzene rings is 1. The first-order valence-electron chi connectivity index (χ1n) is 13.9. The van der Waals surface area contributed by atoms with Crippen molar-refractivity contribution in [1.82, 2.24) is 0 Å². The van der Waals surface area contributed by atoms with Crippen LogP contribution >= 0.6 is 0 Å². The van der Waals surface area contributed by atoms with Gasteiger partial charge in [-0.05, 0) is 60.5 Å². The minimum atomic E-state index is -2.13. The molecule has 1 heterocycles. The number of ether oxygens (including phenoxy) is 1. The average Bonchev–Trinajstić information content (AvgIpc) is 2.71. The van der Waals surface area contributed by atoms with Crippen LogP contribution in [0.2, 0.25) is 54.4 Å². The Hall–Kier alpha value is -0.709. The summed E-state index contributed by atoms with van der Waals surface area (Å²) in [5.74, 6) is 0.864. The highest BCUT2D eigenvalue weighted by molar-refractivity contribution is 6.75. The van der Waals surface area contributed by atoms with Gasteiger partial charge in [-0.25, -0.2) is 0 Å². The Kier molecular flexibility index (Phi) is 9.70. The summed E-state index contributed by atoms with van der Waals surface area (Å²) in [6.45, 7) is 35.0. The predicted molar refractivity (Wildman–Crippen MR) is 167 cm³/mol. The van der Waals surface area contributed by atoms with Gasteiger partial charge in [-0.2, -0.15) is 0 Å². The second-order valence-electron chi connectivity index (χ2n) is 15.3. The highest BCUT2D eigenvalue weighted by Crippen LogP contribution is 2.44. The third-order valence-corrected chi connectivity index (χ3v) is 22.7. The van der Waals surface area contributed by atoms with E-state index in [0.717, 1.165) is 11.3 Å². The number of hydrogen-bond acceptors (Lipinski definition) is 4. The maximum atomic E-state index is 7.16. The summed E-state index contributed by atoms with van der Waals surface area (Å²) in [5, 5.41) is 0.274. The first-order chi connectivity index (χ1) is 16.5. The molecule has 212 valence electrons. The number of rotatable bonds is 8. The first kappa shape index (κ1) is 32.5. The molecular weight excluding hydrogens is 509 g/mol. The molecular formula is C30H56O4Si3. The van der Waals surface area contributed by atoms with E-state index in [1.165, 1.54) is 0 Å². The quantitative estimate of drug-likeness (QED) is 0.295. The third-order valence-electron chi connectivity index (χ3n) is 9.23. The Morgan fingerprint density at radius 1 is 0.676 bits per heavy atom. The third kappa shape index (κ3) is 7.92. The zero-order valence-corrected chi connectivity index (χ0v) is 29.5. The summed E-state index contributed by atoms with van der Waals surface area (Å²) in [5.41, 5.74) is 1.06. The van der Waals surface area contributed by atoms with Crippen LogP contribution in [0.25, 0.3) is 5.76 Å². The lowest BCUT2D eigenvalue weighted by Gasteiger charge is -2.48. The fraction of sp³-hybridized carbons (Fsp3) is 0.733. The smallest absolute Gasteiger partial charge is 0.193 e. The maximum absolute atomic E-state index is 7.16. The Balaban J connectivity index is 2.60. The Morgan fingerprint density at radius 3 is 1.59 bits per heavy atom. The van der Waals surface area contributed by atoms with Gasteiger partial charge in [0, 0.05) is 5.56 Å². The Labute approximate surface area is 231 Å². The van der Waals surface area contributed by atoms with Crippen molar-refractivity contribution in [3.8, 4) is 0 Å². The van der Waals surface area contributed by atoms with Crippen LogP contribution in [0.3, 0.4) is 0 Å². The molecule has 7 heteroatoms. The zero-order valence-electron chi connectivity index (χ0n) is 26.5. The average molecular weight is 565 g/mol. The fourth-order valence-corrected chi connectivity index (χ4v) is 6.98. The molecule has 4 nitrogen and oxygen atoms in total. The van der Waals surface area contributed by atoms with Crippen molar-refractivity contribution in [3.63, 3.8) is 0 Å². The minimum Gasteiger partial charge on any atom is -0.485 e. The standard InChI is InChI=1S/C30H56O4Si3/c1-28(2,3)35(10,11)31-22-26-27(34-37(14,15)30(7,8)9)25(33-36(12,13)29(4,5)6)21-24(32-26)23-19-17-16-18-20-23/h16-21,25-27H,22H2,1-15H3/t25-,26-,27+/m1/s1. The second kappa shape index (κ2) is 11.0. The summed E-state index contributed by atoms with van der Waals surface area (Å²) >= 11 is 0. The van der Waals surface area contributed by atoms with E-state index in [2.05, 4.69) is 132 Å². The van der Waals surface area contributed by atoms with E-state index in [1.807, 2.05) is 6.07 Å². The lowest BCUT2D eigenvalue weighted by molar-refractivity contribution is -0.0592. The molecule has 1 aliphatic heterocycles. The Bertz CT molecular complexity index is 919. The van der Waals surface area contributed by atoms with Crippen LogP contribution in [0.5, 0.6) is 0 Å². The van der Waals surface area contributed by atoms with Gasteiger partial charge in [-0.3, -0.25) is 0 Å². The molecule has 0 amide bonds. The predicted octanol–water partition coefficient (Wildman–Crippen LogP) is 9.23. The van der Waals surface area contributed by atoms with Crippen molar-refractivity contribution >= 4 is 30.7 Å². The lowest BCUT2D eigenvalue weighted by Crippen LogP contribution is -2.58. The molecule has 1 aromatic rings. The second-order valence-corrected chi connectivity index (χ2v) is 29.6. The van der Waals surface area contributed by atoms with Crippen molar-refractivity contribution in [2.24, 2.45) is 0 Å². The van der Waals surface area contributed by atoms with Crippen LogP contribution in [0.15, 0.2) is 36.4 Å². The summed E-state index contributed by atoms with van der Waals surface area (Å²) in [7, 11) is -6.22. The Morgan fingerprint density at radius 2 is 1.14 bits per heavy atom. The monoisotopic (exact) mass is 564 g/mol. The van der Waals surface area contributed by atoms with Gasteiger partial charge >= 0.3 is 0 Å². The molecule has 3 atom stereocenters. The maximum Gasteiger partial charge on any atom is 0.193 e. The fourth-order valence-electron chi connectivity index (χ4n) is 3.41. The van der Waals surface area contributed by atoms with Gasteiger partial charge in [-0.1, -0.05) is 92.6 Å². The van der Waals surface area contributed by atoms with E-state index >= 15 is 0 Å². The van der Waals surface area contributed by atoms with Crippen molar-refractivity contribution in [2.45, 2.75) is 135 Å².